The summed E-state index contributed by atoms with van der Waals surface area (Å²) in [6.07, 6.45) is 3.35. The zero-order chi connectivity index (χ0) is 19.2. The molecule has 1 saturated heterocycles. The van der Waals surface area contributed by atoms with Crippen LogP contribution in [0, 0.1) is 0 Å². The van der Waals surface area contributed by atoms with Gasteiger partial charge in [0.25, 0.3) is 0 Å². The number of rotatable bonds is 3. The monoisotopic (exact) mass is 379 g/mol. The Bertz CT molecular complexity index is 1160. The number of nitrogens with one attached hydrogen (secondary N) is 1. The molecule has 0 spiro atoms. The van der Waals surface area contributed by atoms with Crippen molar-refractivity contribution in [3.05, 3.63) is 90.1 Å². The summed E-state index contributed by atoms with van der Waals surface area (Å²) in [6, 6.07) is 26.9. The Kier molecular flexibility index (Phi) is 3.95. The second-order valence-electron chi connectivity index (χ2n) is 8.37. The van der Waals surface area contributed by atoms with Gasteiger partial charge in [-0.25, -0.2) is 0 Å². The van der Waals surface area contributed by atoms with Gasteiger partial charge in [0.1, 0.15) is 0 Å². The molecule has 3 heteroatoms. The number of hydrogen-bond acceptors (Lipinski definition) is 2. The molecule has 6 rings (SSSR count). The van der Waals surface area contributed by atoms with Crippen LogP contribution < -0.4 is 4.90 Å². The molecular formula is C26H25N3. The highest BCUT2D eigenvalue weighted by atomic mass is 15.3. The number of aromatic amines is 1. The van der Waals surface area contributed by atoms with E-state index in [1.54, 1.807) is 0 Å². The third-order valence-electron chi connectivity index (χ3n) is 6.54. The van der Waals surface area contributed by atoms with Gasteiger partial charge < -0.3 is 9.88 Å². The molecule has 1 N–H and O–H groups in total. The summed E-state index contributed by atoms with van der Waals surface area (Å²) in [5.41, 5.74) is 8.17. The molecule has 0 radical (unpaired) electrons. The molecule has 1 fully saturated rings. The lowest BCUT2D eigenvalue weighted by molar-refractivity contribution is 0.213. The van der Waals surface area contributed by atoms with Crippen molar-refractivity contribution in [1.29, 1.82) is 0 Å². The topological polar surface area (TPSA) is 22.3 Å². The summed E-state index contributed by atoms with van der Waals surface area (Å²) in [7, 11) is 0. The number of H-pyrrole nitrogens is 1. The standard InChI is InChI=1S/C26H25N3/c1-2-7-20(8-3-1)21-9-4-6-19(14-21)17-28-12-13-29-23(18-28)15-22-16-27-24-10-5-11-25(29)26(22)24/h1-11,14,16,23,27H,12-13,15,17-18H2. The molecule has 29 heavy (non-hydrogen) atoms. The van der Waals surface area contributed by atoms with Crippen LogP contribution in [0.15, 0.2) is 79.0 Å². The number of piperazine rings is 1. The first-order chi connectivity index (χ1) is 14.3. The van der Waals surface area contributed by atoms with Crippen LogP contribution in [0.3, 0.4) is 0 Å². The van der Waals surface area contributed by atoms with E-state index < -0.39 is 0 Å². The van der Waals surface area contributed by atoms with Crippen LogP contribution in [0.1, 0.15) is 11.1 Å². The highest BCUT2D eigenvalue weighted by Crippen LogP contribution is 2.38. The van der Waals surface area contributed by atoms with Gasteiger partial charge in [0.2, 0.25) is 0 Å². The lowest BCUT2D eigenvalue weighted by Crippen LogP contribution is -2.54. The van der Waals surface area contributed by atoms with Crippen molar-refractivity contribution in [1.82, 2.24) is 9.88 Å². The fraction of sp³-hybridized carbons (Fsp3) is 0.231. The van der Waals surface area contributed by atoms with Gasteiger partial charge in [-0.15, -0.1) is 0 Å². The normalized spacial score (nSPS) is 18.8. The molecule has 0 aliphatic carbocycles. The first-order valence-corrected chi connectivity index (χ1v) is 10.6. The van der Waals surface area contributed by atoms with Crippen LogP contribution in [0.25, 0.3) is 22.0 Å². The molecule has 0 bridgehead atoms. The highest BCUT2D eigenvalue weighted by Gasteiger charge is 2.32. The van der Waals surface area contributed by atoms with Gasteiger partial charge in [0.15, 0.2) is 0 Å². The lowest BCUT2D eigenvalue weighted by atomic mass is 9.94. The number of anilines is 1. The summed E-state index contributed by atoms with van der Waals surface area (Å²) in [5.74, 6) is 0. The number of benzene rings is 3. The molecule has 0 amide bonds. The minimum atomic E-state index is 0.565. The molecule has 2 aliphatic rings. The maximum Gasteiger partial charge on any atom is 0.0477 e. The van der Waals surface area contributed by atoms with E-state index in [0.29, 0.717) is 6.04 Å². The largest absolute Gasteiger partial charge is 0.365 e. The van der Waals surface area contributed by atoms with Gasteiger partial charge in [0.05, 0.1) is 0 Å². The van der Waals surface area contributed by atoms with Crippen LogP contribution in [-0.4, -0.2) is 35.6 Å². The van der Waals surface area contributed by atoms with Gasteiger partial charge in [-0.05, 0) is 46.9 Å². The number of hydrogen-bond donors (Lipinski definition) is 1. The summed E-state index contributed by atoms with van der Waals surface area (Å²) in [5, 5.41) is 1.44. The van der Waals surface area contributed by atoms with Crippen LogP contribution in [0.5, 0.6) is 0 Å². The molecule has 144 valence electrons. The summed E-state index contributed by atoms with van der Waals surface area (Å²) in [6.45, 7) is 4.36. The van der Waals surface area contributed by atoms with E-state index in [1.165, 1.54) is 38.8 Å². The molecule has 1 unspecified atom stereocenters. The molecule has 3 heterocycles. The molecule has 2 aliphatic heterocycles. The number of aromatic nitrogens is 1. The quantitative estimate of drug-likeness (QED) is 0.536. The van der Waals surface area contributed by atoms with Crippen LogP contribution >= 0.6 is 0 Å². The first-order valence-electron chi connectivity index (χ1n) is 10.6. The third-order valence-corrected chi connectivity index (χ3v) is 6.54. The summed E-state index contributed by atoms with van der Waals surface area (Å²) in [4.78, 5) is 8.73. The zero-order valence-electron chi connectivity index (χ0n) is 16.5. The van der Waals surface area contributed by atoms with Gasteiger partial charge in [0, 0.05) is 55.0 Å². The van der Waals surface area contributed by atoms with Crippen molar-refractivity contribution >= 4 is 16.6 Å². The van der Waals surface area contributed by atoms with E-state index in [9.17, 15) is 0 Å². The lowest BCUT2D eigenvalue weighted by Gasteiger charge is -2.45. The molecule has 3 aromatic carbocycles. The number of fused-ring (bicyclic) bond motifs is 2. The average molecular weight is 380 g/mol. The van der Waals surface area contributed by atoms with Crippen molar-refractivity contribution in [2.75, 3.05) is 24.5 Å². The Morgan fingerprint density at radius 2 is 1.72 bits per heavy atom. The van der Waals surface area contributed by atoms with Crippen molar-refractivity contribution in [3.8, 4) is 11.1 Å². The van der Waals surface area contributed by atoms with Crippen molar-refractivity contribution in [2.24, 2.45) is 0 Å². The van der Waals surface area contributed by atoms with Crippen molar-refractivity contribution in [2.45, 2.75) is 19.0 Å². The Balaban J connectivity index is 1.22. The Hall–Kier alpha value is -3.04. The Morgan fingerprint density at radius 3 is 2.66 bits per heavy atom. The van der Waals surface area contributed by atoms with Crippen LogP contribution in [0.2, 0.25) is 0 Å². The fourth-order valence-electron chi connectivity index (χ4n) is 5.18. The first kappa shape index (κ1) is 16.9. The van der Waals surface area contributed by atoms with Gasteiger partial charge >= 0.3 is 0 Å². The molecule has 1 atom stereocenters. The van der Waals surface area contributed by atoms with Crippen LogP contribution in [-0.2, 0) is 13.0 Å². The second-order valence-corrected chi connectivity index (χ2v) is 8.37. The van der Waals surface area contributed by atoms with Gasteiger partial charge in [-0.2, -0.15) is 0 Å². The maximum absolute atomic E-state index is 3.46. The third kappa shape index (κ3) is 2.93. The van der Waals surface area contributed by atoms with Crippen molar-refractivity contribution < 1.29 is 0 Å². The van der Waals surface area contributed by atoms with E-state index >= 15 is 0 Å². The Labute approximate surface area is 171 Å². The van der Waals surface area contributed by atoms with Gasteiger partial charge in [-0.1, -0.05) is 54.6 Å². The second kappa shape index (κ2) is 6.78. The highest BCUT2D eigenvalue weighted by molar-refractivity contribution is 5.97. The number of nitrogens with zero attached hydrogens (tertiary/aromatic N) is 2. The minimum absolute atomic E-state index is 0.565. The average Bonchev–Trinajstić information content (AvgIpc) is 3.19. The smallest absolute Gasteiger partial charge is 0.0477 e. The van der Waals surface area contributed by atoms with E-state index in [2.05, 4.69) is 93.8 Å². The predicted octanol–water partition coefficient (Wildman–Crippen LogP) is 5.08. The molecular weight excluding hydrogens is 354 g/mol. The summed E-state index contributed by atoms with van der Waals surface area (Å²) < 4.78 is 0. The van der Waals surface area contributed by atoms with Gasteiger partial charge in [-0.3, -0.25) is 4.90 Å². The zero-order valence-corrected chi connectivity index (χ0v) is 16.5. The molecule has 1 aromatic heterocycles. The SMILES string of the molecule is c1ccc(-c2cccc(CN3CCN4c5cccc6[nH]cc(c56)CC4C3)c2)cc1. The van der Waals surface area contributed by atoms with Crippen molar-refractivity contribution in [3.63, 3.8) is 0 Å². The summed E-state index contributed by atoms with van der Waals surface area (Å²) >= 11 is 0. The molecule has 0 saturated carbocycles. The van der Waals surface area contributed by atoms with Crippen LogP contribution in [0.4, 0.5) is 5.69 Å². The molecule has 4 aromatic rings. The minimum Gasteiger partial charge on any atom is -0.365 e. The maximum atomic E-state index is 3.46. The van der Waals surface area contributed by atoms with E-state index in [-0.39, 0.29) is 0 Å². The van der Waals surface area contributed by atoms with E-state index in [1.807, 2.05) is 0 Å². The molecule has 3 nitrogen and oxygen atoms in total. The Morgan fingerprint density at radius 1 is 0.862 bits per heavy atom. The van der Waals surface area contributed by atoms with E-state index in [0.717, 1.165) is 32.6 Å². The fourth-order valence-corrected chi connectivity index (χ4v) is 5.18. The van der Waals surface area contributed by atoms with E-state index in [4.69, 9.17) is 0 Å². The predicted molar refractivity (Wildman–Crippen MR) is 120 cm³/mol.